The van der Waals surface area contributed by atoms with Crippen molar-refractivity contribution in [2.45, 2.75) is 33.6 Å². The molecule has 0 bridgehead atoms. The minimum absolute atomic E-state index is 0.0453. The number of rotatable bonds is 9. The maximum absolute atomic E-state index is 12.0. The van der Waals surface area contributed by atoms with E-state index in [1.807, 2.05) is 31.2 Å². The summed E-state index contributed by atoms with van der Waals surface area (Å²) in [4.78, 5) is 26.2. The minimum atomic E-state index is -0.320. The van der Waals surface area contributed by atoms with Crippen LogP contribution in [-0.2, 0) is 9.59 Å². The fourth-order valence-corrected chi connectivity index (χ4v) is 2.95. The Morgan fingerprint density at radius 1 is 1.03 bits per heavy atom. The van der Waals surface area contributed by atoms with Crippen LogP contribution in [0.25, 0.3) is 0 Å². The molecule has 0 heterocycles. The quantitative estimate of drug-likeness (QED) is 0.472. The molecule has 29 heavy (non-hydrogen) atoms. The summed E-state index contributed by atoms with van der Waals surface area (Å²) >= 11 is 6.04. The van der Waals surface area contributed by atoms with E-state index in [1.54, 1.807) is 24.4 Å². The first-order chi connectivity index (χ1) is 13.9. The topological polar surface area (TPSA) is 73.8 Å². The van der Waals surface area contributed by atoms with Gasteiger partial charge in [0.05, 0.1) is 6.21 Å². The summed E-state index contributed by atoms with van der Waals surface area (Å²) in [6, 6.07) is 13.2. The van der Waals surface area contributed by atoms with Gasteiger partial charge in [-0.3, -0.25) is 9.59 Å². The van der Waals surface area contributed by atoms with Crippen LogP contribution in [0.5, 0.6) is 0 Å². The number of carbonyl (C=O) groups excluding carboxylic acids is 2. The van der Waals surface area contributed by atoms with Gasteiger partial charge in [0.2, 0.25) is 11.8 Å². The van der Waals surface area contributed by atoms with Crippen molar-refractivity contribution in [3.05, 3.63) is 58.6 Å². The van der Waals surface area contributed by atoms with Crippen molar-refractivity contribution in [2.75, 3.05) is 23.3 Å². The zero-order valence-corrected chi connectivity index (χ0v) is 17.8. The van der Waals surface area contributed by atoms with Crippen LogP contribution in [-0.4, -0.2) is 31.1 Å². The normalized spacial score (nSPS) is 10.8. The Hall–Kier alpha value is -2.86. The average Bonchev–Trinajstić information content (AvgIpc) is 2.72. The molecule has 0 saturated heterocycles. The van der Waals surface area contributed by atoms with Gasteiger partial charge in [0.15, 0.2) is 0 Å². The number of hydrogen-bond donors (Lipinski definition) is 2. The van der Waals surface area contributed by atoms with Crippen LogP contribution in [0.15, 0.2) is 47.6 Å². The number of carbonyl (C=O) groups is 2. The number of anilines is 2. The summed E-state index contributed by atoms with van der Waals surface area (Å²) in [5, 5.41) is 7.31. The number of halogens is 1. The Kier molecular flexibility index (Phi) is 8.68. The summed E-state index contributed by atoms with van der Waals surface area (Å²) in [5.41, 5.74) is 5.93. The molecule has 0 saturated carbocycles. The van der Waals surface area contributed by atoms with Crippen LogP contribution in [0.4, 0.5) is 11.4 Å². The van der Waals surface area contributed by atoms with Crippen LogP contribution >= 0.6 is 11.6 Å². The van der Waals surface area contributed by atoms with Crippen molar-refractivity contribution < 1.29 is 9.59 Å². The zero-order chi connectivity index (χ0) is 21.2. The minimum Gasteiger partial charge on any atom is -0.372 e. The molecule has 0 radical (unpaired) electrons. The Labute approximate surface area is 176 Å². The SMILES string of the molecule is CCN(CC)c1ccc(/C=N/NC(=O)CCC(=O)Nc2cccc(Cl)c2C)cc1. The number of amides is 2. The molecule has 0 unspecified atom stereocenters. The maximum atomic E-state index is 12.0. The van der Waals surface area contributed by atoms with E-state index in [-0.39, 0.29) is 24.7 Å². The Bertz CT molecular complexity index is 862. The first-order valence-corrected chi connectivity index (χ1v) is 10.0. The highest BCUT2D eigenvalue weighted by Crippen LogP contribution is 2.23. The highest BCUT2D eigenvalue weighted by atomic mass is 35.5. The second kappa shape index (κ2) is 11.2. The van der Waals surface area contributed by atoms with Crippen molar-refractivity contribution in [1.82, 2.24) is 5.43 Å². The number of nitrogens with one attached hydrogen (secondary N) is 2. The third-order valence-corrected chi connectivity index (χ3v) is 4.95. The summed E-state index contributed by atoms with van der Waals surface area (Å²) in [6.07, 6.45) is 1.69. The van der Waals surface area contributed by atoms with Crippen LogP contribution in [0.2, 0.25) is 5.02 Å². The molecule has 2 rings (SSSR count). The van der Waals surface area contributed by atoms with E-state index in [1.165, 1.54) is 0 Å². The van der Waals surface area contributed by atoms with Gasteiger partial charge in [-0.2, -0.15) is 5.10 Å². The van der Waals surface area contributed by atoms with Crippen molar-refractivity contribution >= 4 is 41.0 Å². The number of benzene rings is 2. The lowest BCUT2D eigenvalue weighted by Gasteiger charge is -2.20. The molecule has 2 amide bonds. The molecule has 0 aliphatic carbocycles. The van der Waals surface area contributed by atoms with Crippen LogP contribution in [0, 0.1) is 6.92 Å². The van der Waals surface area contributed by atoms with E-state index in [9.17, 15) is 9.59 Å². The van der Waals surface area contributed by atoms with Crippen molar-refractivity contribution in [3.8, 4) is 0 Å². The van der Waals surface area contributed by atoms with E-state index in [0.717, 1.165) is 29.9 Å². The summed E-state index contributed by atoms with van der Waals surface area (Å²) in [6.45, 7) is 7.96. The second-order valence-corrected chi connectivity index (χ2v) is 6.92. The summed E-state index contributed by atoms with van der Waals surface area (Å²) in [5.74, 6) is -0.569. The molecular weight excluding hydrogens is 388 g/mol. The maximum Gasteiger partial charge on any atom is 0.240 e. The molecule has 0 aromatic heterocycles. The van der Waals surface area contributed by atoms with Gasteiger partial charge < -0.3 is 10.2 Å². The highest BCUT2D eigenvalue weighted by Gasteiger charge is 2.09. The number of hydrazone groups is 1. The van der Waals surface area contributed by atoms with Gasteiger partial charge in [-0.25, -0.2) is 5.43 Å². The van der Waals surface area contributed by atoms with Crippen molar-refractivity contribution in [2.24, 2.45) is 5.10 Å². The fourth-order valence-electron chi connectivity index (χ4n) is 2.78. The van der Waals surface area contributed by atoms with Gasteiger partial charge >= 0.3 is 0 Å². The molecular formula is C22H27ClN4O2. The van der Waals surface area contributed by atoms with Gasteiger partial charge in [0.25, 0.3) is 0 Å². The molecule has 2 N–H and O–H groups in total. The Morgan fingerprint density at radius 3 is 2.34 bits per heavy atom. The predicted octanol–water partition coefficient (Wildman–Crippen LogP) is 4.36. The highest BCUT2D eigenvalue weighted by molar-refractivity contribution is 6.31. The van der Waals surface area contributed by atoms with E-state index in [2.05, 4.69) is 34.6 Å². The second-order valence-electron chi connectivity index (χ2n) is 6.52. The molecule has 2 aromatic rings. The van der Waals surface area contributed by atoms with E-state index >= 15 is 0 Å². The first kappa shape index (κ1) is 22.4. The predicted molar refractivity (Wildman–Crippen MR) is 120 cm³/mol. The molecule has 0 aliphatic heterocycles. The molecule has 0 aliphatic rings. The molecule has 0 atom stereocenters. The van der Waals surface area contributed by atoms with Crippen molar-refractivity contribution in [3.63, 3.8) is 0 Å². The van der Waals surface area contributed by atoms with Gasteiger partial charge in [-0.05, 0) is 56.2 Å². The van der Waals surface area contributed by atoms with E-state index < -0.39 is 0 Å². The third-order valence-electron chi connectivity index (χ3n) is 4.55. The Morgan fingerprint density at radius 2 is 1.69 bits per heavy atom. The monoisotopic (exact) mass is 414 g/mol. The molecule has 7 heteroatoms. The summed E-state index contributed by atoms with van der Waals surface area (Å²) in [7, 11) is 0. The lowest BCUT2D eigenvalue weighted by atomic mass is 10.2. The molecule has 6 nitrogen and oxygen atoms in total. The smallest absolute Gasteiger partial charge is 0.240 e. The van der Waals surface area contributed by atoms with Crippen LogP contribution < -0.4 is 15.6 Å². The molecule has 2 aromatic carbocycles. The van der Waals surface area contributed by atoms with Crippen LogP contribution in [0.1, 0.15) is 37.8 Å². The third kappa shape index (κ3) is 6.91. The van der Waals surface area contributed by atoms with Crippen LogP contribution in [0.3, 0.4) is 0 Å². The van der Waals surface area contributed by atoms with E-state index in [4.69, 9.17) is 11.6 Å². The fraction of sp³-hybridized carbons (Fsp3) is 0.318. The summed E-state index contributed by atoms with van der Waals surface area (Å²) < 4.78 is 0. The van der Waals surface area contributed by atoms with Crippen molar-refractivity contribution in [1.29, 1.82) is 0 Å². The Balaban J connectivity index is 1.77. The average molecular weight is 415 g/mol. The first-order valence-electron chi connectivity index (χ1n) is 9.66. The van der Waals surface area contributed by atoms with Gasteiger partial charge in [0, 0.05) is 42.3 Å². The van der Waals surface area contributed by atoms with Gasteiger partial charge in [-0.15, -0.1) is 0 Å². The molecule has 154 valence electrons. The molecule has 0 fully saturated rings. The standard InChI is InChI=1S/C22H27ClN4O2/c1-4-27(5-2)18-11-9-17(10-12-18)15-24-26-22(29)14-13-21(28)25-20-8-6-7-19(23)16(20)3/h6-12,15H,4-5,13-14H2,1-3H3,(H,25,28)(H,26,29)/b24-15+. The zero-order valence-electron chi connectivity index (χ0n) is 17.0. The van der Waals surface area contributed by atoms with E-state index in [0.29, 0.717) is 10.7 Å². The number of hydrogen-bond acceptors (Lipinski definition) is 4. The van der Waals surface area contributed by atoms with Gasteiger partial charge in [0.1, 0.15) is 0 Å². The number of nitrogens with zero attached hydrogens (tertiary/aromatic N) is 2. The van der Waals surface area contributed by atoms with Gasteiger partial charge in [-0.1, -0.05) is 29.8 Å². The lowest BCUT2D eigenvalue weighted by molar-refractivity contribution is -0.124. The largest absolute Gasteiger partial charge is 0.372 e. The lowest BCUT2D eigenvalue weighted by Crippen LogP contribution is -2.21. The molecule has 0 spiro atoms.